The van der Waals surface area contributed by atoms with Crippen molar-refractivity contribution >= 4 is 11.9 Å². The minimum absolute atomic E-state index is 0.0913. The van der Waals surface area contributed by atoms with Gasteiger partial charge in [0, 0.05) is 12.0 Å². The highest BCUT2D eigenvalue weighted by molar-refractivity contribution is 5.81. The van der Waals surface area contributed by atoms with Crippen molar-refractivity contribution < 1.29 is 18.8 Å². The Hall–Kier alpha value is -1.85. The van der Waals surface area contributed by atoms with E-state index in [1.165, 1.54) is 0 Å². The van der Waals surface area contributed by atoms with Crippen molar-refractivity contribution in [3.63, 3.8) is 0 Å². The van der Waals surface area contributed by atoms with Crippen LogP contribution in [0.2, 0.25) is 0 Å². The summed E-state index contributed by atoms with van der Waals surface area (Å²) in [5.41, 5.74) is 1.64. The van der Waals surface area contributed by atoms with E-state index in [0.29, 0.717) is 12.4 Å². The van der Waals surface area contributed by atoms with Crippen LogP contribution >= 0.6 is 0 Å². The molecule has 1 N–H and O–H groups in total. The Balaban J connectivity index is 2.47. The second-order valence-corrected chi connectivity index (χ2v) is 4.33. The summed E-state index contributed by atoms with van der Waals surface area (Å²) in [4.78, 5) is 22.9. The van der Waals surface area contributed by atoms with E-state index in [1.54, 1.807) is 13.8 Å². The first-order valence-electron chi connectivity index (χ1n) is 6.33. The third-order valence-electron chi connectivity index (χ3n) is 2.76. The molecule has 0 aliphatic carbocycles. The fraction of sp³-hybridized carbons (Fsp3) is 0.615. The molecule has 1 unspecified atom stereocenters. The lowest BCUT2D eigenvalue weighted by molar-refractivity contribution is -0.144. The Kier molecular flexibility index (Phi) is 5.54. The van der Waals surface area contributed by atoms with Gasteiger partial charge in [-0.05, 0) is 27.7 Å². The standard InChI is InChI=1S/C13H20N2O4/c1-5-18-12(17)7-6-11(16)14-8(2)13-9(3)15-19-10(13)4/h8H,5-7H2,1-4H3,(H,14,16). The Bertz CT molecular complexity index is 434. The molecule has 0 bridgehead atoms. The van der Waals surface area contributed by atoms with E-state index < -0.39 is 0 Å². The number of nitrogens with zero attached hydrogens (tertiary/aromatic N) is 1. The minimum atomic E-state index is -0.359. The van der Waals surface area contributed by atoms with Crippen molar-refractivity contribution in [3.05, 3.63) is 17.0 Å². The zero-order valence-electron chi connectivity index (χ0n) is 11.8. The van der Waals surface area contributed by atoms with Gasteiger partial charge < -0.3 is 14.6 Å². The molecule has 1 aromatic heterocycles. The predicted molar refractivity (Wildman–Crippen MR) is 68.4 cm³/mol. The van der Waals surface area contributed by atoms with Gasteiger partial charge in [0.1, 0.15) is 5.76 Å². The monoisotopic (exact) mass is 268 g/mol. The van der Waals surface area contributed by atoms with Gasteiger partial charge in [0.15, 0.2) is 0 Å². The van der Waals surface area contributed by atoms with Gasteiger partial charge >= 0.3 is 5.97 Å². The molecule has 6 nitrogen and oxygen atoms in total. The second kappa shape index (κ2) is 6.92. The minimum Gasteiger partial charge on any atom is -0.466 e. The first kappa shape index (κ1) is 15.2. The van der Waals surface area contributed by atoms with Gasteiger partial charge in [0.25, 0.3) is 0 Å². The number of aryl methyl sites for hydroxylation is 2. The van der Waals surface area contributed by atoms with Crippen LogP contribution in [-0.2, 0) is 14.3 Å². The smallest absolute Gasteiger partial charge is 0.306 e. The third kappa shape index (κ3) is 4.39. The Morgan fingerprint density at radius 2 is 2.05 bits per heavy atom. The number of amides is 1. The molecule has 0 aliphatic heterocycles. The lowest BCUT2D eigenvalue weighted by Gasteiger charge is -2.13. The van der Waals surface area contributed by atoms with Crippen molar-refractivity contribution in [2.45, 2.75) is 46.6 Å². The summed E-state index contributed by atoms with van der Waals surface area (Å²) >= 11 is 0. The first-order valence-corrected chi connectivity index (χ1v) is 6.33. The van der Waals surface area contributed by atoms with Gasteiger partial charge in [-0.3, -0.25) is 9.59 Å². The maximum absolute atomic E-state index is 11.7. The molecule has 1 aromatic rings. The summed E-state index contributed by atoms with van der Waals surface area (Å²) in [6, 6.07) is -0.194. The van der Waals surface area contributed by atoms with Crippen molar-refractivity contribution in [1.82, 2.24) is 10.5 Å². The lowest BCUT2D eigenvalue weighted by Crippen LogP contribution is -2.27. The zero-order valence-corrected chi connectivity index (χ0v) is 11.8. The summed E-state index contributed by atoms with van der Waals surface area (Å²) in [5.74, 6) is 0.138. The van der Waals surface area contributed by atoms with E-state index >= 15 is 0 Å². The molecule has 1 amide bonds. The summed E-state index contributed by atoms with van der Waals surface area (Å²) < 4.78 is 9.82. The van der Waals surface area contributed by atoms with Gasteiger partial charge in [-0.1, -0.05) is 5.16 Å². The van der Waals surface area contributed by atoms with Crippen LogP contribution in [0.15, 0.2) is 4.52 Å². The molecule has 0 saturated heterocycles. The molecule has 19 heavy (non-hydrogen) atoms. The highest BCUT2D eigenvalue weighted by Gasteiger charge is 2.18. The fourth-order valence-electron chi connectivity index (χ4n) is 1.94. The molecule has 0 saturated carbocycles. The van der Waals surface area contributed by atoms with E-state index in [4.69, 9.17) is 9.26 Å². The molecule has 1 atom stereocenters. The van der Waals surface area contributed by atoms with Crippen molar-refractivity contribution in [2.24, 2.45) is 0 Å². The highest BCUT2D eigenvalue weighted by atomic mass is 16.5. The number of carbonyl (C=O) groups excluding carboxylic acids is 2. The molecular weight excluding hydrogens is 248 g/mol. The van der Waals surface area contributed by atoms with Crippen LogP contribution in [0, 0.1) is 13.8 Å². The topological polar surface area (TPSA) is 81.4 Å². The maximum Gasteiger partial charge on any atom is 0.306 e. The third-order valence-corrected chi connectivity index (χ3v) is 2.76. The summed E-state index contributed by atoms with van der Waals surface area (Å²) in [6.45, 7) is 7.55. The molecule has 106 valence electrons. The van der Waals surface area contributed by atoms with Crippen LogP contribution in [0.1, 0.15) is 49.7 Å². The van der Waals surface area contributed by atoms with Crippen LogP contribution in [0.5, 0.6) is 0 Å². The second-order valence-electron chi connectivity index (χ2n) is 4.33. The normalized spacial score (nSPS) is 12.0. The number of rotatable bonds is 6. The van der Waals surface area contributed by atoms with Gasteiger partial charge in [-0.15, -0.1) is 0 Å². The SMILES string of the molecule is CCOC(=O)CCC(=O)NC(C)c1c(C)noc1C. The molecule has 0 radical (unpaired) electrons. The van der Waals surface area contributed by atoms with Crippen LogP contribution in [0.4, 0.5) is 0 Å². The van der Waals surface area contributed by atoms with Gasteiger partial charge in [0.05, 0.1) is 24.8 Å². The van der Waals surface area contributed by atoms with Crippen LogP contribution in [0.25, 0.3) is 0 Å². The molecule has 0 aliphatic rings. The van der Waals surface area contributed by atoms with Crippen LogP contribution in [0.3, 0.4) is 0 Å². The summed E-state index contributed by atoms with van der Waals surface area (Å²) in [6.07, 6.45) is 0.209. The largest absolute Gasteiger partial charge is 0.466 e. The van der Waals surface area contributed by atoms with Crippen molar-refractivity contribution in [2.75, 3.05) is 6.61 Å². The predicted octanol–water partition coefficient (Wildman–Crippen LogP) is 1.81. The van der Waals surface area contributed by atoms with Crippen LogP contribution < -0.4 is 5.32 Å². The highest BCUT2D eigenvalue weighted by Crippen LogP contribution is 2.20. The van der Waals surface area contributed by atoms with E-state index in [0.717, 1.165) is 11.3 Å². The van der Waals surface area contributed by atoms with Crippen molar-refractivity contribution in [3.8, 4) is 0 Å². The maximum atomic E-state index is 11.7. The van der Waals surface area contributed by atoms with E-state index in [-0.39, 0.29) is 30.8 Å². The molecule has 1 rings (SSSR count). The van der Waals surface area contributed by atoms with E-state index in [9.17, 15) is 9.59 Å². The summed E-state index contributed by atoms with van der Waals surface area (Å²) in [5, 5.41) is 6.66. The molecular formula is C13H20N2O4. The first-order chi connectivity index (χ1) is 8.95. The Morgan fingerprint density at radius 1 is 1.37 bits per heavy atom. The number of ether oxygens (including phenoxy) is 1. The molecule has 6 heteroatoms. The summed E-state index contributed by atoms with van der Waals surface area (Å²) in [7, 11) is 0. The number of carbonyl (C=O) groups is 2. The average molecular weight is 268 g/mol. The van der Waals surface area contributed by atoms with E-state index in [2.05, 4.69) is 10.5 Å². The van der Waals surface area contributed by atoms with Gasteiger partial charge in [-0.25, -0.2) is 0 Å². The van der Waals surface area contributed by atoms with Crippen LogP contribution in [-0.4, -0.2) is 23.6 Å². The van der Waals surface area contributed by atoms with Crippen molar-refractivity contribution in [1.29, 1.82) is 0 Å². The van der Waals surface area contributed by atoms with E-state index in [1.807, 2.05) is 13.8 Å². The zero-order chi connectivity index (χ0) is 14.4. The molecule has 1 heterocycles. The lowest BCUT2D eigenvalue weighted by atomic mass is 10.1. The Morgan fingerprint density at radius 3 is 2.58 bits per heavy atom. The quantitative estimate of drug-likeness (QED) is 0.796. The number of esters is 1. The number of nitrogens with one attached hydrogen (secondary N) is 1. The number of hydrogen-bond donors (Lipinski definition) is 1. The molecule has 0 spiro atoms. The Labute approximate surface area is 112 Å². The van der Waals surface area contributed by atoms with Gasteiger partial charge in [0.2, 0.25) is 5.91 Å². The fourth-order valence-corrected chi connectivity index (χ4v) is 1.94. The average Bonchev–Trinajstić information content (AvgIpc) is 2.67. The molecule has 0 fully saturated rings. The number of aromatic nitrogens is 1. The van der Waals surface area contributed by atoms with Gasteiger partial charge in [-0.2, -0.15) is 0 Å². The number of hydrogen-bond acceptors (Lipinski definition) is 5. The molecule has 0 aromatic carbocycles.